The van der Waals surface area contributed by atoms with Gasteiger partial charge in [-0.05, 0) is 36.7 Å². The molecule has 0 aliphatic heterocycles. The van der Waals surface area contributed by atoms with Crippen molar-refractivity contribution in [2.24, 2.45) is 0 Å². The standard InChI is InChI=1S/C12H9F3N2OS/c1-7-6-10(19-17-7)16-11(18)8-4-2-3-5-9(8)12(13,14)15/h2-6H,1H3,(H,16,18). The molecule has 0 spiro atoms. The molecule has 1 aromatic heterocycles. The van der Waals surface area contributed by atoms with Gasteiger partial charge in [-0.3, -0.25) is 4.79 Å². The summed E-state index contributed by atoms with van der Waals surface area (Å²) in [6.07, 6.45) is -4.56. The van der Waals surface area contributed by atoms with Gasteiger partial charge >= 0.3 is 6.18 Å². The molecule has 2 aromatic rings. The van der Waals surface area contributed by atoms with E-state index in [0.29, 0.717) is 10.7 Å². The molecule has 1 heterocycles. The Bertz CT molecular complexity index is 607. The molecule has 1 aromatic carbocycles. The fourth-order valence-electron chi connectivity index (χ4n) is 1.53. The Kier molecular flexibility index (Phi) is 3.57. The number of aryl methyl sites for hydroxylation is 1. The maximum atomic E-state index is 12.8. The predicted molar refractivity (Wildman–Crippen MR) is 66.2 cm³/mol. The van der Waals surface area contributed by atoms with Gasteiger partial charge in [0.2, 0.25) is 0 Å². The number of alkyl halides is 3. The molecule has 0 saturated heterocycles. The van der Waals surface area contributed by atoms with E-state index in [2.05, 4.69) is 9.69 Å². The van der Waals surface area contributed by atoms with Crippen LogP contribution >= 0.6 is 11.5 Å². The molecule has 1 N–H and O–H groups in total. The quantitative estimate of drug-likeness (QED) is 0.914. The van der Waals surface area contributed by atoms with E-state index in [4.69, 9.17) is 0 Å². The molecule has 3 nitrogen and oxygen atoms in total. The van der Waals surface area contributed by atoms with Crippen molar-refractivity contribution in [1.82, 2.24) is 4.37 Å². The Labute approximate surface area is 111 Å². The van der Waals surface area contributed by atoms with Crippen molar-refractivity contribution in [3.8, 4) is 0 Å². The molecule has 0 radical (unpaired) electrons. The molecule has 0 bridgehead atoms. The van der Waals surface area contributed by atoms with Crippen LogP contribution in [0.5, 0.6) is 0 Å². The van der Waals surface area contributed by atoms with Gasteiger partial charge in [0.15, 0.2) is 0 Å². The summed E-state index contributed by atoms with van der Waals surface area (Å²) in [5.41, 5.74) is -0.654. The van der Waals surface area contributed by atoms with Crippen molar-refractivity contribution in [2.75, 3.05) is 5.32 Å². The molecular weight excluding hydrogens is 277 g/mol. The number of benzene rings is 1. The van der Waals surface area contributed by atoms with Crippen LogP contribution in [0, 0.1) is 6.92 Å². The van der Waals surface area contributed by atoms with E-state index in [1.54, 1.807) is 13.0 Å². The lowest BCUT2D eigenvalue weighted by Gasteiger charge is -2.11. The molecular formula is C12H9F3N2OS. The lowest BCUT2D eigenvalue weighted by molar-refractivity contribution is -0.137. The van der Waals surface area contributed by atoms with Crippen molar-refractivity contribution in [3.05, 3.63) is 47.2 Å². The first-order valence-electron chi connectivity index (χ1n) is 5.29. The minimum absolute atomic E-state index is 0.402. The molecule has 0 fully saturated rings. The van der Waals surface area contributed by atoms with Crippen LogP contribution < -0.4 is 5.32 Å². The van der Waals surface area contributed by atoms with Gasteiger partial charge in [-0.2, -0.15) is 17.5 Å². The van der Waals surface area contributed by atoms with E-state index in [0.717, 1.165) is 23.7 Å². The first kappa shape index (κ1) is 13.5. The number of nitrogens with one attached hydrogen (secondary N) is 1. The molecule has 0 aliphatic carbocycles. The largest absolute Gasteiger partial charge is 0.417 e. The van der Waals surface area contributed by atoms with Gasteiger partial charge in [0, 0.05) is 0 Å². The number of hydrogen-bond donors (Lipinski definition) is 1. The number of anilines is 1. The zero-order chi connectivity index (χ0) is 14.0. The van der Waals surface area contributed by atoms with Crippen molar-refractivity contribution in [2.45, 2.75) is 13.1 Å². The summed E-state index contributed by atoms with van der Waals surface area (Å²) in [5.74, 6) is -0.795. The van der Waals surface area contributed by atoms with Crippen molar-refractivity contribution in [1.29, 1.82) is 0 Å². The minimum atomic E-state index is -4.56. The summed E-state index contributed by atoms with van der Waals surface area (Å²) in [6, 6.07) is 6.26. The monoisotopic (exact) mass is 286 g/mol. The van der Waals surface area contributed by atoms with E-state index in [9.17, 15) is 18.0 Å². The Hall–Kier alpha value is -1.89. The summed E-state index contributed by atoms with van der Waals surface area (Å²) >= 11 is 1.02. The lowest BCUT2D eigenvalue weighted by atomic mass is 10.1. The highest BCUT2D eigenvalue weighted by atomic mass is 32.1. The van der Waals surface area contributed by atoms with E-state index in [1.165, 1.54) is 12.1 Å². The van der Waals surface area contributed by atoms with Crippen LogP contribution in [0.15, 0.2) is 30.3 Å². The predicted octanol–water partition coefficient (Wildman–Crippen LogP) is 3.72. The molecule has 2 rings (SSSR count). The van der Waals surface area contributed by atoms with Gasteiger partial charge in [0.05, 0.1) is 16.8 Å². The van der Waals surface area contributed by atoms with Gasteiger partial charge in [-0.15, -0.1) is 0 Å². The third-order valence-electron chi connectivity index (χ3n) is 2.34. The highest BCUT2D eigenvalue weighted by Gasteiger charge is 2.34. The maximum absolute atomic E-state index is 12.8. The molecule has 100 valence electrons. The smallest absolute Gasteiger partial charge is 0.312 e. The van der Waals surface area contributed by atoms with Gasteiger partial charge in [-0.1, -0.05) is 12.1 Å². The average Bonchev–Trinajstić information content (AvgIpc) is 2.73. The van der Waals surface area contributed by atoms with Crippen LogP contribution in [0.3, 0.4) is 0 Å². The highest BCUT2D eigenvalue weighted by Crippen LogP contribution is 2.32. The third kappa shape index (κ3) is 3.11. The molecule has 0 saturated carbocycles. The number of carbonyl (C=O) groups is 1. The molecule has 1 amide bonds. The summed E-state index contributed by atoms with van der Waals surface area (Å²) in [7, 11) is 0. The zero-order valence-electron chi connectivity index (χ0n) is 9.78. The second-order valence-corrected chi connectivity index (χ2v) is 4.63. The van der Waals surface area contributed by atoms with E-state index < -0.39 is 23.2 Å². The first-order chi connectivity index (χ1) is 8.88. The van der Waals surface area contributed by atoms with E-state index >= 15 is 0 Å². The highest BCUT2D eigenvalue weighted by molar-refractivity contribution is 7.10. The molecule has 0 atom stereocenters. The lowest BCUT2D eigenvalue weighted by Crippen LogP contribution is -2.18. The number of nitrogens with zero attached hydrogens (tertiary/aromatic N) is 1. The van der Waals surface area contributed by atoms with E-state index in [-0.39, 0.29) is 0 Å². The first-order valence-corrected chi connectivity index (χ1v) is 6.06. The number of aromatic nitrogens is 1. The SMILES string of the molecule is Cc1cc(NC(=O)c2ccccc2C(F)(F)F)sn1. The molecule has 19 heavy (non-hydrogen) atoms. The van der Waals surface area contributed by atoms with Crippen LogP contribution in [0.25, 0.3) is 0 Å². The summed E-state index contributed by atoms with van der Waals surface area (Å²) in [6.45, 7) is 1.73. The van der Waals surface area contributed by atoms with Crippen LogP contribution in [0.4, 0.5) is 18.2 Å². The van der Waals surface area contributed by atoms with Crippen LogP contribution in [0.1, 0.15) is 21.6 Å². The second-order valence-electron chi connectivity index (χ2n) is 3.83. The van der Waals surface area contributed by atoms with Gasteiger partial charge in [0.1, 0.15) is 5.00 Å². The van der Waals surface area contributed by atoms with Gasteiger partial charge in [-0.25, -0.2) is 0 Å². The van der Waals surface area contributed by atoms with E-state index in [1.807, 2.05) is 0 Å². The van der Waals surface area contributed by atoms with Gasteiger partial charge in [0.25, 0.3) is 5.91 Å². The summed E-state index contributed by atoms with van der Waals surface area (Å²) in [4.78, 5) is 11.9. The van der Waals surface area contributed by atoms with Crippen LogP contribution in [0.2, 0.25) is 0 Å². The number of halogens is 3. The number of carbonyl (C=O) groups excluding carboxylic acids is 1. The fraction of sp³-hybridized carbons (Fsp3) is 0.167. The third-order valence-corrected chi connectivity index (χ3v) is 3.14. The molecule has 0 unspecified atom stereocenters. The fourth-order valence-corrected chi connectivity index (χ4v) is 2.19. The Morgan fingerprint density at radius 2 is 2.00 bits per heavy atom. The maximum Gasteiger partial charge on any atom is 0.417 e. The minimum Gasteiger partial charge on any atom is -0.312 e. The average molecular weight is 286 g/mol. The van der Waals surface area contributed by atoms with Crippen LogP contribution in [-0.4, -0.2) is 10.3 Å². The number of amides is 1. The normalized spacial score (nSPS) is 11.4. The Morgan fingerprint density at radius 1 is 1.32 bits per heavy atom. The van der Waals surface area contributed by atoms with Crippen molar-refractivity contribution >= 4 is 22.4 Å². The second kappa shape index (κ2) is 5.00. The van der Waals surface area contributed by atoms with Crippen LogP contribution in [-0.2, 0) is 6.18 Å². The number of hydrogen-bond acceptors (Lipinski definition) is 3. The number of rotatable bonds is 2. The van der Waals surface area contributed by atoms with Crippen molar-refractivity contribution < 1.29 is 18.0 Å². The zero-order valence-corrected chi connectivity index (χ0v) is 10.6. The summed E-state index contributed by atoms with van der Waals surface area (Å²) < 4.78 is 42.2. The van der Waals surface area contributed by atoms with Gasteiger partial charge < -0.3 is 5.32 Å². The molecule has 7 heteroatoms. The Morgan fingerprint density at radius 3 is 2.58 bits per heavy atom. The topological polar surface area (TPSA) is 42.0 Å². The van der Waals surface area contributed by atoms with Crippen molar-refractivity contribution in [3.63, 3.8) is 0 Å². The summed E-state index contributed by atoms with van der Waals surface area (Å²) in [5, 5.41) is 2.82. The Balaban J connectivity index is 2.29. The molecule has 0 aliphatic rings.